The van der Waals surface area contributed by atoms with Crippen LogP contribution in [0.15, 0.2) is 24.3 Å². The average molecular weight is 257 g/mol. The molecule has 3 rings (SSSR count). The first-order valence-electron chi connectivity index (χ1n) is 6.95. The number of fused-ring (bicyclic) bond motifs is 3. The number of hydrogen-bond donors (Lipinski definition) is 0. The molecule has 1 aliphatic rings. The Labute approximate surface area is 113 Å². The summed E-state index contributed by atoms with van der Waals surface area (Å²) in [6, 6.07) is 8.80. The van der Waals surface area contributed by atoms with E-state index in [-0.39, 0.29) is 0 Å². The monoisotopic (exact) mass is 257 g/mol. The number of hydrogen-bond acceptors (Lipinski definition) is 2. The molecule has 1 heterocycles. The van der Waals surface area contributed by atoms with E-state index < -0.39 is 0 Å². The van der Waals surface area contributed by atoms with Crippen LogP contribution in [0.25, 0.3) is 10.4 Å². The summed E-state index contributed by atoms with van der Waals surface area (Å²) < 4.78 is 0. The number of benzene rings is 1. The molecule has 0 aliphatic heterocycles. The van der Waals surface area contributed by atoms with Gasteiger partial charge in [0.15, 0.2) is 0 Å². The summed E-state index contributed by atoms with van der Waals surface area (Å²) in [7, 11) is 0. The number of nitrogens with zero attached hydrogens (tertiary/aromatic N) is 1. The predicted molar refractivity (Wildman–Crippen MR) is 78.2 cm³/mol. The molecular weight excluding hydrogens is 238 g/mol. The van der Waals surface area contributed by atoms with Crippen LogP contribution in [0.1, 0.15) is 42.5 Å². The molecule has 0 fully saturated rings. The quantitative estimate of drug-likeness (QED) is 0.727. The third-order valence-electron chi connectivity index (χ3n) is 3.63. The number of unbranched alkanes of at least 4 members (excludes halogenated alkanes) is 2. The van der Waals surface area contributed by atoms with Gasteiger partial charge in [-0.15, -0.1) is 11.3 Å². The van der Waals surface area contributed by atoms with Gasteiger partial charge in [-0.3, -0.25) is 0 Å². The van der Waals surface area contributed by atoms with Crippen LogP contribution in [0.5, 0.6) is 0 Å². The lowest BCUT2D eigenvalue weighted by atomic mass is 9.94. The maximum Gasteiger partial charge on any atom is 0.0934 e. The highest BCUT2D eigenvalue weighted by molar-refractivity contribution is 7.15. The van der Waals surface area contributed by atoms with E-state index in [0.29, 0.717) is 0 Å². The third kappa shape index (κ3) is 2.22. The Bertz CT molecular complexity index is 542. The van der Waals surface area contributed by atoms with E-state index in [2.05, 4.69) is 31.2 Å². The second-order valence-corrected chi connectivity index (χ2v) is 6.08. The summed E-state index contributed by atoms with van der Waals surface area (Å²) >= 11 is 1.92. The number of rotatable bonds is 4. The molecule has 94 valence electrons. The Hall–Kier alpha value is -1.15. The Morgan fingerprint density at radius 3 is 2.94 bits per heavy atom. The topological polar surface area (TPSA) is 12.9 Å². The number of aromatic nitrogens is 1. The minimum Gasteiger partial charge on any atom is -0.246 e. The van der Waals surface area contributed by atoms with E-state index in [1.807, 2.05) is 11.3 Å². The predicted octanol–water partition coefficient (Wildman–Crippen LogP) is 4.64. The molecule has 0 saturated carbocycles. The first-order valence-corrected chi connectivity index (χ1v) is 7.77. The highest BCUT2D eigenvalue weighted by Crippen LogP contribution is 2.37. The molecule has 1 aromatic heterocycles. The van der Waals surface area contributed by atoms with Crippen molar-refractivity contribution in [3.8, 4) is 10.4 Å². The Morgan fingerprint density at radius 1 is 1.17 bits per heavy atom. The summed E-state index contributed by atoms with van der Waals surface area (Å²) in [4.78, 5) is 6.27. The van der Waals surface area contributed by atoms with Gasteiger partial charge in [0, 0.05) is 0 Å². The molecule has 0 unspecified atom stereocenters. The normalized spacial score (nSPS) is 13.2. The highest BCUT2D eigenvalue weighted by atomic mass is 32.1. The highest BCUT2D eigenvalue weighted by Gasteiger charge is 2.19. The van der Waals surface area contributed by atoms with Crippen molar-refractivity contribution in [3.05, 3.63) is 40.5 Å². The van der Waals surface area contributed by atoms with Crippen molar-refractivity contribution in [1.82, 2.24) is 4.98 Å². The van der Waals surface area contributed by atoms with Gasteiger partial charge in [-0.2, -0.15) is 0 Å². The molecule has 0 bridgehead atoms. The van der Waals surface area contributed by atoms with Crippen molar-refractivity contribution in [2.45, 2.75) is 45.4 Å². The van der Waals surface area contributed by atoms with Gasteiger partial charge in [-0.1, -0.05) is 44.0 Å². The van der Waals surface area contributed by atoms with E-state index in [4.69, 9.17) is 4.98 Å². The van der Waals surface area contributed by atoms with E-state index in [9.17, 15) is 0 Å². The van der Waals surface area contributed by atoms with Crippen LogP contribution in [0.3, 0.4) is 0 Å². The van der Waals surface area contributed by atoms with Gasteiger partial charge in [0.2, 0.25) is 0 Å². The molecule has 1 aliphatic carbocycles. The van der Waals surface area contributed by atoms with E-state index in [1.54, 1.807) is 0 Å². The van der Waals surface area contributed by atoms with E-state index in [0.717, 1.165) is 19.3 Å². The van der Waals surface area contributed by atoms with Gasteiger partial charge in [0.1, 0.15) is 0 Å². The molecule has 2 heteroatoms. The fraction of sp³-hybridized carbons (Fsp3) is 0.438. The van der Waals surface area contributed by atoms with Gasteiger partial charge in [-0.05, 0) is 36.8 Å². The molecule has 0 N–H and O–H groups in total. The maximum absolute atomic E-state index is 4.84. The Morgan fingerprint density at radius 2 is 2.06 bits per heavy atom. The lowest BCUT2D eigenvalue weighted by Gasteiger charge is -2.13. The zero-order valence-electron chi connectivity index (χ0n) is 10.9. The van der Waals surface area contributed by atoms with Crippen LogP contribution >= 0.6 is 11.3 Å². The van der Waals surface area contributed by atoms with Gasteiger partial charge < -0.3 is 0 Å². The maximum atomic E-state index is 4.84. The van der Waals surface area contributed by atoms with Crippen LogP contribution in [0.4, 0.5) is 0 Å². The first-order chi connectivity index (χ1) is 8.88. The summed E-state index contributed by atoms with van der Waals surface area (Å²) in [6.45, 7) is 2.25. The van der Waals surface area contributed by atoms with Gasteiger partial charge in [0.25, 0.3) is 0 Å². The minimum atomic E-state index is 1.12. The van der Waals surface area contributed by atoms with Crippen LogP contribution in [0, 0.1) is 0 Å². The van der Waals surface area contributed by atoms with Crippen LogP contribution in [-0.2, 0) is 19.3 Å². The minimum absolute atomic E-state index is 1.12. The third-order valence-corrected chi connectivity index (χ3v) is 4.82. The van der Waals surface area contributed by atoms with Crippen molar-refractivity contribution < 1.29 is 0 Å². The van der Waals surface area contributed by atoms with Crippen molar-refractivity contribution in [2.24, 2.45) is 0 Å². The first kappa shape index (κ1) is 11.9. The van der Waals surface area contributed by atoms with Gasteiger partial charge in [0.05, 0.1) is 15.6 Å². The summed E-state index contributed by atoms with van der Waals surface area (Å²) in [5.41, 5.74) is 4.26. The molecule has 0 saturated heterocycles. The molecule has 2 aromatic rings. The zero-order chi connectivity index (χ0) is 12.4. The summed E-state index contributed by atoms with van der Waals surface area (Å²) in [5.74, 6) is 0. The number of thiazole rings is 1. The smallest absolute Gasteiger partial charge is 0.0934 e. The van der Waals surface area contributed by atoms with Crippen molar-refractivity contribution in [3.63, 3.8) is 0 Å². The van der Waals surface area contributed by atoms with Gasteiger partial charge >= 0.3 is 0 Å². The molecule has 0 atom stereocenters. The second-order valence-electron chi connectivity index (χ2n) is 5.00. The molecule has 0 radical (unpaired) electrons. The lowest BCUT2D eigenvalue weighted by molar-refractivity contribution is 0.712. The molecule has 1 aromatic carbocycles. The van der Waals surface area contributed by atoms with Crippen LogP contribution in [0.2, 0.25) is 0 Å². The lowest BCUT2D eigenvalue weighted by Crippen LogP contribution is -2.01. The molecule has 18 heavy (non-hydrogen) atoms. The SMILES string of the molecule is CCCCCc1nc2c(s1)-c1ccccc1CC2. The van der Waals surface area contributed by atoms with Gasteiger partial charge in [-0.25, -0.2) is 4.98 Å². The fourth-order valence-electron chi connectivity index (χ4n) is 2.63. The molecular formula is C16H19NS. The fourth-order valence-corrected chi connectivity index (χ4v) is 3.84. The Kier molecular flexibility index (Phi) is 3.46. The van der Waals surface area contributed by atoms with Crippen LogP contribution < -0.4 is 0 Å². The van der Waals surface area contributed by atoms with E-state index >= 15 is 0 Å². The molecule has 0 amide bonds. The van der Waals surface area contributed by atoms with Crippen LogP contribution in [-0.4, -0.2) is 4.98 Å². The van der Waals surface area contributed by atoms with E-state index in [1.165, 1.54) is 46.0 Å². The Balaban J connectivity index is 1.87. The summed E-state index contributed by atoms with van der Waals surface area (Å²) in [6.07, 6.45) is 7.32. The standard InChI is InChI=1S/C16H19NS/c1-2-3-4-9-15-17-14-11-10-12-7-5-6-8-13(12)16(14)18-15/h5-8H,2-4,9-11H2,1H3. The molecule has 0 spiro atoms. The van der Waals surface area contributed by atoms with Crippen molar-refractivity contribution in [2.75, 3.05) is 0 Å². The second kappa shape index (κ2) is 5.23. The zero-order valence-corrected chi connectivity index (χ0v) is 11.7. The number of aryl methyl sites for hydroxylation is 3. The van der Waals surface area contributed by atoms with Crippen molar-refractivity contribution >= 4 is 11.3 Å². The largest absolute Gasteiger partial charge is 0.246 e. The average Bonchev–Trinajstić information content (AvgIpc) is 2.82. The summed E-state index contributed by atoms with van der Waals surface area (Å²) in [5, 5.41) is 1.34. The van der Waals surface area contributed by atoms with Crippen molar-refractivity contribution in [1.29, 1.82) is 0 Å². The molecule has 1 nitrogen and oxygen atoms in total.